The zero-order valence-corrected chi connectivity index (χ0v) is 20.5. The van der Waals surface area contributed by atoms with E-state index in [1.54, 1.807) is 16.8 Å². The lowest BCUT2D eigenvalue weighted by Crippen LogP contribution is -2.53. The van der Waals surface area contributed by atoms with Crippen LogP contribution in [0, 0.1) is 0 Å². The van der Waals surface area contributed by atoms with E-state index < -0.39 is 11.1 Å². The molecule has 0 saturated heterocycles. The monoisotopic (exact) mass is 451 g/mol. The molecule has 0 fully saturated rings. The third-order valence-corrected chi connectivity index (χ3v) is 5.79. The van der Waals surface area contributed by atoms with Gasteiger partial charge in [0.2, 0.25) is 11.8 Å². The number of carbonyl (C=O) groups excluding carboxylic acids is 3. The van der Waals surface area contributed by atoms with Crippen LogP contribution in [0.2, 0.25) is 0 Å². The van der Waals surface area contributed by atoms with E-state index in [2.05, 4.69) is 5.32 Å². The summed E-state index contributed by atoms with van der Waals surface area (Å²) in [5.41, 5.74) is 1.41. The Kier molecular flexibility index (Phi) is 9.35. The minimum absolute atomic E-state index is 0.00000643. The van der Waals surface area contributed by atoms with Gasteiger partial charge in [-0.2, -0.15) is 0 Å². The molecule has 2 aromatic rings. The van der Waals surface area contributed by atoms with Crippen molar-refractivity contribution in [3.63, 3.8) is 0 Å². The van der Waals surface area contributed by atoms with Crippen LogP contribution in [0.15, 0.2) is 60.7 Å². The largest absolute Gasteiger partial charge is 0.350 e. The predicted octanol–water partition coefficient (Wildman–Crippen LogP) is 3.10. The minimum Gasteiger partial charge on any atom is -0.350 e. The van der Waals surface area contributed by atoms with Crippen LogP contribution >= 0.6 is 0 Å². The average molecular weight is 452 g/mol. The molecule has 2 rings (SSSR count). The lowest BCUT2D eigenvalue weighted by Gasteiger charge is -2.37. The molecule has 0 heterocycles. The third kappa shape index (κ3) is 8.81. The molecular weight excluding hydrogens is 414 g/mol. The highest BCUT2D eigenvalue weighted by Crippen LogP contribution is 2.19. The summed E-state index contributed by atoms with van der Waals surface area (Å²) in [4.78, 5) is 40.2. The van der Waals surface area contributed by atoms with E-state index >= 15 is 0 Å². The highest BCUT2D eigenvalue weighted by molar-refractivity contribution is 5.82. The molecule has 0 aliphatic carbocycles. The summed E-state index contributed by atoms with van der Waals surface area (Å²) in [5, 5.41) is 3.04. The number of hydrogen-bond donors (Lipinski definition) is 1. The molecule has 0 bridgehead atoms. The number of rotatable bonds is 12. The second-order valence-electron chi connectivity index (χ2n) is 9.86. The molecule has 0 saturated carbocycles. The van der Waals surface area contributed by atoms with Crippen molar-refractivity contribution < 1.29 is 14.4 Å². The van der Waals surface area contributed by atoms with Gasteiger partial charge in [-0.15, -0.1) is 0 Å². The van der Waals surface area contributed by atoms with Gasteiger partial charge in [0.1, 0.15) is 6.29 Å². The normalized spacial score (nSPS) is 11.8. The van der Waals surface area contributed by atoms with E-state index in [1.165, 1.54) is 0 Å². The van der Waals surface area contributed by atoms with Crippen molar-refractivity contribution in [3.05, 3.63) is 71.8 Å². The number of nitrogens with zero attached hydrogens (tertiary/aromatic N) is 2. The Morgan fingerprint density at radius 2 is 1.36 bits per heavy atom. The summed E-state index contributed by atoms with van der Waals surface area (Å²) in [7, 11) is 1.77. The van der Waals surface area contributed by atoms with E-state index in [0.717, 1.165) is 17.4 Å². The number of hydrogen-bond acceptors (Lipinski definition) is 4. The zero-order chi connectivity index (χ0) is 24.5. The Morgan fingerprint density at radius 3 is 1.88 bits per heavy atom. The summed E-state index contributed by atoms with van der Waals surface area (Å²) in [5.74, 6) is -0.342. The smallest absolute Gasteiger partial charge is 0.236 e. The molecule has 0 unspecified atom stereocenters. The first-order valence-corrected chi connectivity index (χ1v) is 11.3. The highest BCUT2D eigenvalue weighted by Gasteiger charge is 2.29. The van der Waals surface area contributed by atoms with Crippen LogP contribution < -0.4 is 5.32 Å². The maximum atomic E-state index is 13.0. The van der Waals surface area contributed by atoms with Gasteiger partial charge in [0, 0.05) is 18.1 Å². The standard InChI is InChI=1S/C27H37N3O3/c1-26(2,18-22-12-8-6-9-13-22)28-24(32)20-30(16-17-31)21-25(33)29(5)27(3,4)19-23-14-10-7-11-15-23/h6-15,17H,16,18-21H2,1-5H3,(H,28,32). The van der Waals surface area contributed by atoms with Gasteiger partial charge < -0.3 is 15.0 Å². The predicted molar refractivity (Wildman–Crippen MR) is 132 cm³/mol. The number of carbonyl (C=O) groups is 3. The van der Waals surface area contributed by atoms with Crippen molar-refractivity contribution in [2.75, 3.05) is 26.7 Å². The second-order valence-corrected chi connectivity index (χ2v) is 9.86. The number of nitrogens with one attached hydrogen (secondary N) is 1. The van der Waals surface area contributed by atoms with Crippen LogP contribution in [0.5, 0.6) is 0 Å². The van der Waals surface area contributed by atoms with Gasteiger partial charge in [0.05, 0.1) is 19.6 Å². The van der Waals surface area contributed by atoms with Gasteiger partial charge in [0.25, 0.3) is 0 Å². The van der Waals surface area contributed by atoms with Gasteiger partial charge in [-0.3, -0.25) is 14.5 Å². The van der Waals surface area contributed by atoms with Crippen LogP contribution in [0.25, 0.3) is 0 Å². The molecule has 2 amide bonds. The molecule has 0 aliphatic rings. The Morgan fingerprint density at radius 1 is 0.848 bits per heavy atom. The molecule has 6 nitrogen and oxygen atoms in total. The summed E-state index contributed by atoms with van der Waals surface area (Å²) in [6, 6.07) is 20.0. The molecule has 6 heteroatoms. The molecule has 2 aromatic carbocycles. The summed E-state index contributed by atoms with van der Waals surface area (Å²) in [6.07, 6.45) is 2.12. The van der Waals surface area contributed by atoms with Crippen LogP contribution in [0.3, 0.4) is 0 Å². The van der Waals surface area contributed by atoms with Crippen molar-refractivity contribution >= 4 is 18.1 Å². The Hall–Kier alpha value is -2.99. The van der Waals surface area contributed by atoms with Gasteiger partial charge >= 0.3 is 0 Å². The molecule has 178 valence electrons. The molecule has 0 aromatic heterocycles. The van der Waals surface area contributed by atoms with E-state index in [0.29, 0.717) is 12.8 Å². The summed E-state index contributed by atoms with van der Waals surface area (Å²) >= 11 is 0. The lowest BCUT2D eigenvalue weighted by atomic mass is 9.93. The minimum atomic E-state index is -0.455. The lowest BCUT2D eigenvalue weighted by molar-refractivity contribution is -0.136. The molecule has 0 aliphatic heterocycles. The van der Waals surface area contributed by atoms with E-state index in [9.17, 15) is 14.4 Å². The molecule has 1 N–H and O–H groups in total. The quantitative estimate of drug-likeness (QED) is 0.504. The van der Waals surface area contributed by atoms with Crippen molar-refractivity contribution in [1.29, 1.82) is 0 Å². The van der Waals surface area contributed by atoms with E-state index in [-0.39, 0.29) is 31.4 Å². The Labute approximate surface area is 198 Å². The number of aldehydes is 1. The van der Waals surface area contributed by atoms with Crippen LogP contribution in [-0.2, 0) is 27.2 Å². The summed E-state index contributed by atoms with van der Waals surface area (Å²) in [6.45, 7) is 7.96. The summed E-state index contributed by atoms with van der Waals surface area (Å²) < 4.78 is 0. The number of benzene rings is 2. The first-order chi connectivity index (χ1) is 15.5. The Balaban J connectivity index is 1.95. The topological polar surface area (TPSA) is 69.7 Å². The second kappa shape index (κ2) is 11.8. The molecular formula is C27H37N3O3. The van der Waals surface area contributed by atoms with Crippen molar-refractivity contribution in [3.8, 4) is 0 Å². The Bertz CT molecular complexity index is 911. The van der Waals surface area contributed by atoms with Crippen molar-refractivity contribution in [2.24, 2.45) is 0 Å². The maximum Gasteiger partial charge on any atom is 0.236 e. The molecule has 0 atom stereocenters. The molecule has 33 heavy (non-hydrogen) atoms. The maximum absolute atomic E-state index is 13.0. The number of amides is 2. The highest BCUT2D eigenvalue weighted by atomic mass is 16.2. The first kappa shape index (κ1) is 26.3. The van der Waals surface area contributed by atoms with Crippen LogP contribution in [0.4, 0.5) is 0 Å². The van der Waals surface area contributed by atoms with E-state index in [1.807, 2.05) is 88.4 Å². The molecule has 0 radical (unpaired) electrons. The fourth-order valence-corrected chi connectivity index (χ4v) is 3.91. The van der Waals surface area contributed by atoms with Gasteiger partial charge in [-0.1, -0.05) is 60.7 Å². The fourth-order valence-electron chi connectivity index (χ4n) is 3.91. The third-order valence-electron chi connectivity index (χ3n) is 5.79. The van der Waals surface area contributed by atoms with Crippen molar-refractivity contribution in [2.45, 2.75) is 51.6 Å². The fraction of sp³-hybridized carbons (Fsp3) is 0.444. The van der Waals surface area contributed by atoms with Crippen molar-refractivity contribution in [1.82, 2.24) is 15.1 Å². The van der Waals surface area contributed by atoms with Gasteiger partial charge in [-0.25, -0.2) is 0 Å². The van der Waals surface area contributed by atoms with Gasteiger partial charge in [0.15, 0.2) is 0 Å². The zero-order valence-electron chi connectivity index (χ0n) is 20.5. The molecule has 0 spiro atoms. The van der Waals surface area contributed by atoms with Gasteiger partial charge in [-0.05, 0) is 51.7 Å². The van der Waals surface area contributed by atoms with E-state index in [4.69, 9.17) is 0 Å². The SMILES string of the molecule is CN(C(=O)CN(CC=O)CC(=O)NC(C)(C)Cc1ccccc1)C(C)(C)Cc1ccccc1. The van der Waals surface area contributed by atoms with Crippen LogP contribution in [0.1, 0.15) is 38.8 Å². The average Bonchev–Trinajstić information content (AvgIpc) is 2.73. The first-order valence-electron chi connectivity index (χ1n) is 11.3. The number of likely N-dealkylation sites (N-methyl/N-ethyl adjacent to an activating group) is 1. The van der Waals surface area contributed by atoms with Crippen LogP contribution in [-0.4, -0.2) is 65.7 Å².